The third kappa shape index (κ3) is 110. The highest BCUT2D eigenvalue weighted by atomic mass is 16.5. The van der Waals surface area contributed by atoms with Gasteiger partial charge in [0.25, 0.3) is 0 Å². The standard InChI is InChI=1S/C76H153N9O5.C43H79NO2/c1-6-11-16-21-26-31-36-41-46-56-78-72(86)51-63-83(64-52-73(87)79-57-47-42-37-32-27-22-17-12-7-2)68-61-77-62-69-85(67-55-76(90)82-60-50-45-40-35-30-25-20-15-10-5)71-70-84(65-53-74(88)80-58-48-43-38-33-28-23-18-13-8-3)66-54-75(89)81-59-49-44-39-34-29-24-19-14-9-4;1-5-7-9-11-13-15-17-19-21-23-25-27-29-31-33-35-38-42(46-43(45)40-37-41-44(3)4)39-36-34-32-30-28-26-24-22-20-18-16-14-12-10-8-6-2/h77H,6-71H2,1-5H3,(H,78,86)(H,79,87)(H,80,88)(H,81,89)(H,82,90);13-16,19-22,42H,5-12,17-18,23-41H2,1-4H3/b;15-13-,16-14-,21-19-,22-20-. The zero-order chi connectivity index (χ0) is 99.1. The topological polar surface area (TPSA) is 197 Å². The highest BCUT2D eigenvalue weighted by Gasteiger charge is 2.19. The van der Waals surface area contributed by atoms with E-state index in [9.17, 15) is 28.8 Å². The first-order valence-electron chi connectivity index (χ1n) is 59.4. The van der Waals surface area contributed by atoms with E-state index in [0.29, 0.717) is 117 Å². The maximum absolute atomic E-state index is 13.3. The Hall–Kier alpha value is -4.42. The largest absolute Gasteiger partial charge is 0.462 e. The molecule has 0 atom stereocenters. The average Bonchev–Trinajstić information content (AvgIpc) is 0.936. The Morgan fingerprint density at radius 2 is 0.419 bits per heavy atom. The molecule has 0 saturated carbocycles. The number of esters is 1. The van der Waals surface area contributed by atoms with Crippen molar-refractivity contribution in [2.75, 3.05) is 125 Å². The molecule has 0 heterocycles. The van der Waals surface area contributed by atoms with Crippen LogP contribution < -0.4 is 31.9 Å². The minimum atomic E-state index is 0.00641. The molecular weight excluding hydrogens is 1680 g/mol. The molecule has 5 amide bonds. The lowest BCUT2D eigenvalue weighted by Gasteiger charge is -2.28. The molecule has 0 aliphatic heterocycles. The molecule has 17 heteroatoms. The number of nitrogens with zero attached hydrogens (tertiary/aromatic N) is 4. The predicted molar refractivity (Wildman–Crippen MR) is 592 cm³/mol. The predicted octanol–water partition coefficient (Wildman–Crippen LogP) is 30.3. The lowest BCUT2D eigenvalue weighted by molar-refractivity contribution is -0.150. The number of carbonyl (C=O) groups excluding carboxylic acids is 6. The summed E-state index contributed by atoms with van der Waals surface area (Å²) < 4.78 is 6.00. The Kier molecular flexibility index (Phi) is 112. The highest BCUT2D eigenvalue weighted by molar-refractivity contribution is 5.78. The second-order valence-electron chi connectivity index (χ2n) is 40.7. The van der Waals surface area contributed by atoms with E-state index in [2.05, 4.69) is 163 Å². The molecule has 0 aliphatic carbocycles. The van der Waals surface area contributed by atoms with Crippen LogP contribution in [-0.4, -0.2) is 187 Å². The fourth-order valence-electron chi connectivity index (χ4n) is 17.7. The van der Waals surface area contributed by atoms with Gasteiger partial charge in [-0.1, -0.05) is 431 Å². The van der Waals surface area contributed by atoms with Crippen LogP contribution in [0.15, 0.2) is 48.6 Å². The second-order valence-corrected chi connectivity index (χ2v) is 40.7. The monoisotopic (exact) mass is 1910 g/mol. The molecule has 0 radical (unpaired) electrons. The molecule has 0 aromatic heterocycles. The Labute approximate surface area is 844 Å². The Morgan fingerprint density at radius 3 is 0.669 bits per heavy atom. The molecule has 0 fully saturated rings. The number of rotatable bonds is 109. The first-order valence-corrected chi connectivity index (χ1v) is 59.4. The lowest BCUT2D eigenvalue weighted by atomic mass is 10.0. The Bertz CT molecular complexity index is 2490. The minimum absolute atomic E-state index is 0.00641. The summed E-state index contributed by atoms with van der Waals surface area (Å²) in [7, 11) is 4.12. The maximum atomic E-state index is 13.3. The summed E-state index contributed by atoms with van der Waals surface area (Å²) in [6.45, 7) is 27.6. The van der Waals surface area contributed by atoms with E-state index in [1.54, 1.807) is 0 Å². The van der Waals surface area contributed by atoms with Crippen molar-refractivity contribution in [1.29, 1.82) is 0 Å². The van der Waals surface area contributed by atoms with E-state index in [-0.39, 0.29) is 41.6 Å². The molecule has 0 aliphatic rings. The van der Waals surface area contributed by atoms with E-state index in [1.807, 2.05) is 0 Å². The molecule has 0 aromatic carbocycles. The number of hydrogen-bond acceptors (Lipinski definition) is 12. The Morgan fingerprint density at radius 1 is 0.213 bits per heavy atom. The van der Waals surface area contributed by atoms with Crippen LogP contribution in [-0.2, 0) is 33.5 Å². The molecule has 17 nitrogen and oxygen atoms in total. The third-order valence-electron chi connectivity index (χ3n) is 27.0. The Balaban J connectivity index is 0. The molecule has 0 unspecified atom stereocenters. The van der Waals surface area contributed by atoms with Gasteiger partial charge in [-0.25, -0.2) is 0 Å². The quantitative estimate of drug-likeness (QED) is 0.0192. The van der Waals surface area contributed by atoms with Crippen molar-refractivity contribution in [2.45, 2.75) is 555 Å². The molecule has 0 rings (SSSR count). The highest BCUT2D eigenvalue weighted by Crippen LogP contribution is 2.21. The number of unbranched alkanes of at least 4 members (excludes halogenated alkanes) is 58. The number of amides is 5. The summed E-state index contributed by atoms with van der Waals surface area (Å²) in [5, 5.41) is 19.6. The zero-order valence-corrected chi connectivity index (χ0v) is 92.0. The first kappa shape index (κ1) is 134. The summed E-state index contributed by atoms with van der Waals surface area (Å²) in [6.07, 6.45) is 111. The average molecular weight is 1920 g/mol. The van der Waals surface area contributed by atoms with Crippen molar-refractivity contribution in [3.63, 3.8) is 0 Å². The van der Waals surface area contributed by atoms with Gasteiger partial charge in [0.05, 0.1) is 0 Å². The van der Waals surface area contributed by atoms with Gasteiger partial charge in [-0.3, -0.25) is 28.8 Å². The normalized spacial score (nSPS) is 11.8. The zero-order valence-electron chi connectivity index (χ0n) is 92.0. The summed E-state index contributed by atoms with van der Waals surface area (Å²) in [4.78, 5) is 87.7. The van der Waals surface area contributed by atoms with Crippen molar-refractivity contribution >= 4 is 35.5 Å². The molecular formula is C119H232N10O7. The fourth-order valence-corrected chi connectivity index (χ4v) is 17.7. The van der Waals surface area contributed by atoms with Crippen LogP contribution in [0.1, 0.15) is 549 Å². The summed E-state index contributed by atoms with van der Waals surface area (Å²) in [5.74, 6) is 0.381. The molecule has 0 bridgehead atoms. The van der Waals surface area contributed by atoms with Gasteiger partial charge >= 0.3 is 5.97 Å². The molecule has 800 valence electrons. The van der Waals surface area contributed by atoms with Gasteiger partial charge in [-0.2, -0.15) is 0 Å². The van der Waals surface area contributed by atoms with E-state index < -0.39 is 0 Å². The van der Waals surface area contributed by atoms with Crippen LogP contribution >= 0.6 is 0 Å². The molecule has 0 saturated heterocycles. The fraction of sp³-hybridized carbons (Fsp3) is 0.882. The number of carbonyl (C=O) groups is 6. The van der Waals surface area contributed by atoms with Crippen LogP contribution in [0.5, 0.6) is 0 Å². The van der Waals surface area contributed by atoms with Crippen LogP contribution in [0.3, 0.4) is 0 Å². The number of ether oxygens (including phenoxy) is 1. The smallest absolute Gasteiger partial charge is 0.306 e. The van der Waals surface area contributed by atoms with Crippen molar-refractivity contribution < 1.29 is 33.5 Å². The van der Waals surface area contributed by atoms with Crippen molar-refractivity contribution in [3.8, 4) is 0 Å². The van der Waals surface area contributed by atoms with Gasteiger partial charge in [0.1, 0.15) is 6.10 Å². The summed E-state index contributed by atoms with van der Waals surface area (Å²) in [6, 6.07) is 0. The van der Waals surface area contributed by atoms with E-state index in [1.165, 1.54) is 366 Å². The molecule has 0 aromatic rings. The molecule has 6 N–H and O–H groups in total. The van der Waals surface area contributed by atoms with Gasteiger partial charge in [0.2, 0.25) is 29.5 Å². The van der Waals surface area contributed by atoms with Gasteiger partial charge in [-0.15, -0.1) is 0 Å². The van der Waals surface area contributed by atoms with Gasteiger partial charge in [0, 0.05) is 143 Å². The summed E-state index contributed by atoms with van der Waals surface area (Å²) >= 11 is 0. The van der Waals surface area contributed by atoms with Crippen LogP contribution in [0.25, 0.3) is 0 Å². The summed E-state index contributed by atoms with van der Waals surface area (Å²) in [5.41, 5.74) is 0. The van der Waals surface area contributed by atoms with Crippen molar-refractivity contribution in [2.24, 2.45) is 0 Å². The minimum Gasteiger partial charge on any atom is -0.462 e. The number of hydrogen-bond donors (Lipinski definition) is 6. The SMILES string of the molecule is CCCCC/C=C\C/C=C\CCCCCCCCC(CCCCCCCC/C=C\C/C=C\CCCCC)OC(=O)CCCN(C)C.CCCCCCCCCCCNC(=O)CCN(CCNCCN(CCC(=O)NCCCCCCCCCCC)CCN(CCC(=O)NCCCCCCCCCCC)CCC(=O)NCCCCCCCCCCC)CCC(=O)NCCCCCCCCCCC. The third-order valence-corrected chi connectivity index (χ3v) is 27.0. The first-order chi connectivity index (χ1) is 66.8. The van der Waals surface area contributed by atoms with Gasteiger partial charge < -0.3 is 56.2 Å². The van der Waals surface area contributed by atoms with E-state index >= 15 is 0 Å². The van der Waals surface area contributed by atoms with Crippen LogP contribution in [0.2, 0.25) is 0 Å². The van der Waals surface area contributed by atoms with E-state index in [4.69, 9.17) is 4.74 Å². The van der Waals surface area contributed by atoms with Gasteiger partial charge in [-0.05, 0) is 149 Å². The lowest BCUT2D eigenvalue weighted by Crippen LogP contribution is -2.43. The van der Waals surface area contributed by atoms with Crippen LogP contribution in [0, 0.1) is 0 Å². The van der Waals surface area contributed by atoms with Crippen molar-refractivity contribution in [1.82, 2.24) is 51.5 Å². The van der Waals surface area contributed by atoms with E-state index in [0.717, 1.165) is 129 Å². The van der Waals surface area contributed by atoms with Crippen molar-refractivity contribution in [3.05, 3.63) is 48.6 Å². The number of nitrogens with one attached hydrogen (secondary N) is 6. The maximum Gasteiger partial charge on any atom is 0.306 e. The van der Waals surface area contributed by atoms with Crippen LogP contribution in [0.4, 0.5) is 0 Å². The van der Waals surface area contributed by atoms with Gasteiger partial charge in [0.15, 0.2) is 0 Å². The second kappa shape index (κ2) is 114. The molecule has 136 heavy (non-hydrogen) atoms. The molecule has 0 spiro atoms. The number of allylic oxidation sites excluding steroid dienone is 8.